The van der Waals surface area contributed by atoms with Gasteiger partial charge >= 0.3 is 0 Å². The van der Waals surface area contributed by atoms with E-state index in [1.165, 1.54) is 25.3 Å². The number of rotatable bonds is 3. The third-order valence-corrected chi connectivity index (χ3v) is 8.25. The topological polar surface area (TPSA) is 52.2 Å². The smallest absolute Gasteiger partial charge is 0.254 e. The van der Waals surface area contributed by atoms with Crippen LogP contribution in [0.25, 0.3) is 5.57 Å². The molecule has 1 N–H and O–H groups in total. The van der Waals surface area contributed by atoms with E-state index < -0.39 is 0 Å². The molecule has 0 unspecified atom stereocenters. The summed E-state index contributed by atoms with van der Waals surface area (Å²) in [6.45, 7) is 3.21. The van der Waals surface area contributed by atoms with Crippen LogP contribution >= 0.6 is 11.6 Å². The number of aryl methyl sites for hydroxylation is 1. The number of benzene rings is 1. The van der Waals surface area contributed by atoms with Crippen molar-refractivity contribution in [2.45, 2.75) is 51.0 Å². The number of hydrogen-bond donors (Lipinski definition) is 1. The molecular weight excluding hydrogens is 427 g/mol. The van der Waals surface area contributed by atoms with Crippen LogP contribution in [-0.4, -0.2) is 47.1 Å². The third-order valence-electron chi connectivity index (χ3n) is 7.95. The number of halogens is 2. The molecule has 6 rings (SSSR count). The quantitative estimate of drug-likeness (QED) is 0.755. The first-order valence-corrected chi connectivity index (χ1v) is 12.2. The van der Waals surface area contributed by atoms with E-state index in [4.69, 9.17) is 16.6 Å². The predicted molar refractivity (Wildman–Crippen MR) is 125 cm³/mol. The van der Waals surface area contributed by atoms with Crippen molar-refractivity contribution < 1.29 is 4.39 Å². The fourth-order valence-corrected chi connectivity index (χ4v) is 6.07. The minimum absolute atomic E-state index is 0.0655. The second-order valence-electron chi connectivity index (χ2n) is 9.91. The van der Waals surface area contributed by atoms with Crippen LogP contribution in [0.15, 0.2) is 29.1 Å². The number of anilines is 1. The first-order chi connectivity index (χ1) is 15.5. The molecule has 0 amide bonds. The molecule has 0 bridgehead atoms. The van der Waals surface area contributed by atoms with Crippen molar-refractivity contribution in [3.8, 4) is 0 Å². The second kappa shape index (κ2) is 7.70. The van der Waals surface area contributed by atoms with Crippen molar-refractivity contribution in [2.24, 2.45) is 5.41 Å². The van der Waals surface area contributed by atoms with Gasteiger partial charge in [-0.3, -0.25) is 9.69 Å². The Balaban J connectivity index is 1.16. The molecule has 0 radical (unpaired) electrons. The van der Waals surface area contributed by atoms with Gasteiger partial charge in [0.15, 0.2) is 0 Å². The van der Waals surface area contributed by atoms with Gasteiger partial charge < -0.3 is 9.88 Å². The summed E-state index contributed by atoms with van der Waals surface area (Å²) in [5, 5.41) is 0.469. The summed E-state index contributed by atoms with van der Waals surface area (Å²) in [5.41, 5.74) is 4.09. The van der Waals surface area contributed by atoms with Crippen LogP contribution in [0.5, 0.6) is 0 Å². The van der Waals surface area contributed by atoms with Crippen molar-refractivity contribution in [1.29, 1.82) is 0 Å². The number of allylic oxidation sites excluding steroid dienone is 1. The molecule has 1 atom stereocenters. The van der Waals surface area contributed by atoms with Crippen molar-refractivity contribution in [2.75, 3.05) is 31.1 Å². The van der Waals surface area contributed by atoms with E-state index in [1.54, 1.807) is 12.1 Å². The number of H-pyrrole nitrogens is 1. The maximum Gasteiger partial charge on any atom is 0.254 e. The number of hydrogen-bond acceptors (Lipinski definition) is 4. The summed E-state index contributed by atoms with van der Waals surface area (Å²) in [6, 6.07) is 5.19. The molecule has 168 valence electrons. The van der Waals surface area contributed by atoms with Crippen LogP contribution in [-0.2, 0) is 12.8 Å². The molecule has 2 fully saturated rings. The summed E-state index contributed by atoms with van der Waals surface area (Å²) < 4.78 is 14.3. The zero-order valence-electron chi connectivity index (χ0n) is 18.2. The van der Waals surface area contributed by atoms with E-state index in [0.29, 0.717) is 22.2 Å². The fourth-order valence-electron chi connectivity index (χ4n) is 5.79. The van der Waals surface area contributed by atoms with Crippen molar-refractivity contribution in [3.05, 3.63) is 62.6 Å². The molecular formula is C25H28ClFN4O. The van der Waals surface area contributed by atoms with Gasteiger partial charge in [-0.05, 0) is 68.1 Å². The van der Waals surface area contributed by atoms with E-state index >= 15 is 0 Å². The molecule has 2 heterocycles. The molecule has 5 nitrogen and oxygen atoms in total. The molecule has 1 aromatic heterocycles. The van der Waals surface area contributed by atoms with Crippen molar-refractivity contribution in [3.63, 3.8) is 0 Å². The number of aromatic nitrogens is 2. The number of nitrogens with zero attached hydrogens (tertiary/aromatic N) is 3. The lowest BCUT2D eigenvalue weighted by atomic mass is 9.84. The predicted octanol–water partition coefficient (Wildman–Crippen LogP) is 4.20. The number of nitrogens with one attached hydrogen (secondary N) is 1. The molecule has 2 aromatic rings. The Morgan fingerprint density at radius 1 is 1.12 bits per heavy atom. The van der Waals surface area contributed by atoms with Crippen LogP contribution < -0.4 is 10.5 Å². The highest BCUT2D eigenvalue weighted by Gasteiger charge is 2.45. The lowest BCUT2D eigenvalue weighted by Gasteiger charge is -2.39. The Bertz CT molecular complexity index is 1130. The van der Waals surface area contributed by atoms with Gasteiger partial charge in [0.05, 0.1) is 16.4 Å². The maximum atomic E-state index is 14.3. The fraction of sp³-hybridized carbons (Fsp3) is 0.520. The number of para-hydroxylation sites is 1. The number of piperazine rings is 1. The Morgan fingerprint density at radius 3 is 2.69 bits per heavy atom. The summed E-state index contributed by atoms with van der Waals surface area (Å²) >= 11 is 6.25. The molecule has 7 heteroatoms. The van der Waals surface area contributed by atoms with Gasteiger partial charge in [0.2, 0.25) is 0 Å². The van der Waals surface area contributed by atoms with Crippen molar-refractivity contribution in [1.82, 2.24) is 14.9 Å². The third kappa shape index (κ3) is 3.57. The van der Waals surface area contributed by atoms with Crippen LogP contribution in [0, 0.1) is 11.2 Å². The summed E-state index contributed by atoms with van der Waals surface area (Å²) in [7, 11) is 0. The lowest BCUT2D eigenvalue weighted by molar-refractivity contribution is 0.214. The van der Waals surface area contributed by atoms with Crippen LogP contribution in [0.4, 0.5) is 10.1 Å². The Hall–Kier alpha value is -2.18. The average molecular weight is 455 g/mol. The van der Waals surface area contributed by atoms with E-state index in [0.717, 1.165) is 74.5 Å². The Kier molecular flexibility index (Phi) is 4.92. The van der Waals surface area contributed by atoms with Gasteiger partial charge in [-0.1, -0.05) is 23.7 Å². The Morgan fingerprint density at radius 2 is 1.94 bits per heavy atom. The second-order valence-corrected chi connectivity index (χ2v) is 10.3. The molecule has 4 aliphatic rings. The molecule has 3 aliphatic carbocycles. The maximum absolute atomic E-state index is 14.3. The zero-order chi connectivity index (χ0) is 21.9. The van der Waals surface area contributed by atoms with Crippen LogP contribution in [0.3, 0.4) is 0 Å². The average Bonchev–Trinajstić information content (AvgIpc) is 3.35. The lowest BCUT2D eigenvalue weighted by Crippen LogP contribution is -2.49. The van der Waals surface area contributed by atoms with Gasteiger partial charge in [-0.25, -0.2) is 9.37 Å². The van der Waals surface area contributed by atoms with Crippen molar-refractivity contribution >= 4 is 22.9 Å². The van der Waals surface area contributed by atoms with Gasteiger partial charge in [0.25, 0.3) is 5.56 Å². The summed E-state index contributed by atoms with van der Waals surface area (Å²) in [4.78, 5) is 25.3. The molecule has 1 aliphatic heterocycles. The summed E-state index contributed by atoms with van der Waals surface area (Å²) in [5.74, 6) is 0.504. The molecule has 1 spiro atoms. The largest absolute Gasteiger partial charge is 0.365 e. The monoisotopic (exact) mass is 454 g/mol. The first-order valence-electron chi connectivity index (χ1n) is 11.8. The standard InChI is InChI=1S/C25H28ClFN4O/c26-19-2-1-3-20(27)22(19)31-12-10-30(11-13-31)17-5-4-16(14-17)23-28-21-6-7-25(8-9-25)15-18(21)24(32)29-23/h1-3,14,17H,4-13,15H2,(H,28,29,32)/t17-/m1/s1. The normalized spacial score (nSPS) is 24.5. The van der Waals surface area contributed by atoms with E-state index in [2.05, 4.69) is 16.0 Å². The van der Waals surface area contributed by atoms with Crippen LogP contribution in [0.1, 0.15) is 49.2 Å². The highest BCUT2D eigenvalue weighted by Crippen LogP contribution is 2.53. The number of aromatic amines is 1. The highest BCUT2D eigenvalue weighted by molar-refractivity contribution is 6.33. The summed E-state index contributed by atoms with van der Waals surface area (Å²) in [6.07, 6.45) is 9.77. The highest BCUT2D eigenvalue weighted by atomic mass is 35.5. The number of fused-ring (bicyclic) bond motifs is 1. The van der Waals surface area contributed by atoms with Crippen LogP contribution in [0.2, 0.25) is 5.02 Å². The van der Waals surface area contributed by atoms with Gasteiger partial charge in [-0.2, -0.15) is 0 Å². The SMILES string of the molecule is O=c1[nH]c(C2=C[C@H](N3CCN(c4c(F)cccc4Cl)CC3)CC2)nc2c1CC1(CC2)CC1. The minimum atomic E-state index is -0.260. The van der Waals surface area contributed by atoms with E-state index in [-0.39, 0.29) is 11.4 Å². The molecule has 1 saturated heterocycles. The Labute approximate surface area is 192 Å². The first kappa shape index (κ1) is 20.4. The molecule has 32 heavy (non-hydrogen) atoms. The van der Waals surface area contributed by atoms with E-state index in [9.17, 15) is 9.18 Å². The molecule has 1 aromatic carbocycles. The zero-order valence-corrected chi connectivity index (χ0v) is 18.9. The van der Waals surface area contributed by atoms with E-state index in [1.807, 2.05) is 4.90 Å². The van der Waals surface area contributed by atoms with Gasteiger partial charge in [-0.15, -0.1) is 0 Å². The minimum Gasteiger partial charge on any atom is -0.365 e. The van der Waals surface area contributed by atoms with Gasteiger partial charge in [0.1, 0.15) is 11.6 Å². The van der Waals surface area contributed by atoms with Gasteiger partial charge in [0, 0.05) is 37.8 Å². The molecule has 1 saturated carbocycles.